The highest BCUT2D eigenvalue weighted by atomic mass is 16.1. The van der Waals surface area contributed by atoms with E-state index in [1.165, 1.54) is 37.7 Å². The second-order valence-corrected chi connectivity index (χ2v) is 5.96. The molecule has 3 rings (SSSR count). The monoisotopic (exact) mass is 294 g/mol. The van der Waals surface area contributed by atoms with E-state index in [9.17, 15) is 4.79 Å². The van der Waals surface area contributed by atoms with E-state index in [1.807, 2.05) is 30.3 Å². The van der Waals surface area contributed by atoms with Crippen LogP contribution in [0, 0.1) is 0 Å². The molecule has 1 aromatic carbocycles. The Bertz CT molecular complexity index is 601. The van der Waals surface area contributed by atoms with Gasteiger partial charge >= 0.3 is 0 Å². The summed E-state index contributed by atoms with van der Waals surface area (Å²) in [4.78, 5) is 16.4. The molecule has 1 saturated carbocycles. The molecule has 22 heavy (non-hydrogen) atoms. The first-order chi connectivity index (χ1) is 10.8. The first-order valence-corrected chi connectivity index (χ1v) is 8.11. The third-order valence-electron chi connectivity index (χ3n) is 4.41. The summed E-state index contributed by atoms with van der Waals surface area (Å²) < 4.78 is 0. The first-order valence-electron chi connectivity index (χ1n) is 8.11. The van der Waals surface area contributed by atoms with Crippen molar-refractivity contribution in [3.8, 4) is 0 Å². The molecule has 0 spiro atoms. The van der Waals surface area contributed by atoms with Crippen molar-refractivity contribution in [1.82, 2.24) is 10.3 Å². The minimum atomic E-state index is -0.0409. The first kappa shape index (κ1) is 14.8. The van der Waals surface area contributed by atoms with Gasteiger partial charge < -0.3 is 5.32 Å². The molecule has 0 bridgehead atoms. The Morgan fingerprint density at radius 3 is 2.50 bits per heavy atom. The van der Waals surface area contributed by atoms with E-state index in [4.69, 9.17) is 0 Å². The molecule has 1 aromatic heterocycles. The molecule has 3 heteroatoms. The minimum absolute atomic E-state index is 0.0409. The zero-order valence-corrected chi connectivity index (χ0v) is 12.8. The maximum absolute atomic E-state index is 12.2. The van der Waals surface area contributed by atoms with Gasteiger partial charge in [0.05, 0.1) is 12.2 Å². The SMILES string of the molecule is O=C(NCc1ccccn1)c1ccc(C2CCCCC2)cc1. The van der Waals surface area contributed by atoms with Crippen LogP contribution in [0.25, 0.3) is 0 Å². The van der Waals surface area contributed by atoms with Gasteiger partial charge in [-0.05, 0) is 48.6 Å². The summed E-state index contributed by atoms with van der Waals surface area (Å²) in [6.45, 7) is 0.462. The molecule has 1 amide bonds. The Balaban J connectivity index is 1.58. The van der Waals surface area contributed by atoms with Crippen LogP contribution in [-0.2, 0) is 6.54 Å². The maximum atomic E-state index is 12.2. The molecule has 0 radical (unpaired) electrons. The number of amides is 1. The Labute approximate surface area is 131 Å². The normalized spacial score (nSPS) is 15.5. The fraction of sp³-hybridized carbons (Fsp3) is 0.368. The van der Waals surface area contributed by atoms with Crippen LogP contribution in [0.15, 0.2) is 48.7 Å². The number of nitrogens with zero attached hydrogens (tertiary/aromatic N) is 1. The van der Waals surface area contributed by atoms with Crippen LogP contribution in [0.2, 0.25) is 0 Å². The lowest BCUT2D eigenvalue weighted by molar-refractivity contribution is 0.0950. The average Bonchev–Trinajstić information content (AvgIpc) is 2.61. The van der Waals surface area contributed by atoms with Gasteiger partial charge in [-0.2, -0.15) is 0 Å². The molecule has 1 heterocycles. The number of rotatable bonds is 4. The van der Waals surface area contributed by atoms with E-state index in [0.29, 0.717) is 12.5 Å². The zero-order valence-electron chi connectivity index (χ0n) is 12.8. The van der Waals surface area contributed by atoms with Crippen molar-refractivity contribution in [3.63, 3.8) is 0 Å². The van der Waals surface area contributed by atoms with Crippen molar-refractivity contribution in [2.45, 2.75) is 44.6 Å². The van der Waals surface area contributed by atoms with Crippen LogP contribution >= 0.6 is 0 Å². The highest BCUT2D eigenvalue weighted by Gasteiger charge is 2.15. The maximum Gasteiger partial charge on any atom is 0.251 e. The summed E-state index contributed by atoms with van der Waals surface area (Å²) in [5.41, 5.74) is 2.96. The summed E-state index contributed by atoms with van der Waals surface area (Å²) in [5.74, 6) is 0.639. The molecule has 1 aliphatic rings. The van der Waals surface area contributed by atoms with Crippen molar-refractivity contribution in [2.75, 3.05) is 0 Å². The summed E-state index contributed by atoms with van der Waals surface area (Å²) in [6.07, 6.45) is 8.33. The van der Waals surface area contributed by atoms with Gasteiger partial charge in [0, 0.05) is 11.8 Å². The quantitative estimate of drug-likeness (QED) is 0.924. The summed E-state index contributed by atoms with van der Waals surface area (Å²) in [6, 6.07) is 13.8. The van der Waals surface area contributed by atoms with Gasteiger partial charge in [-0.3, -0.25) is 9.78 Å². The largest absolute Gasteiger partial charge is 0.346 e. The fourth-order valence-electron chi connectivity index (χ4n) is 3.12. The number of benzene rings is 1. The van der Waals surface area contributed by atoms with E-state index in [-0.39, 0.29) is 5.91 Å². The number of carbonyl (C=O) groups is 1. The molecule has 2 aromatic rings. The van der Waals surface area contributed by atoms with E-state index in [0.717, 1.165) is 11.3 Å². The standard InChI is InChI=1S/C19H22N2O/c22-19(21-14-18-8-4-5-13-20-18)17-11-9-16(10-12-17)15-6-2-1-3-7-15/h4-5,8-13,15H,1-3,6-7,14H2,(H,21,22). The van der Waals surface area contributed by atoms with Crippen molar-refractivity contribution in [1.29, 1.82) is 0 Å². The van der Waals surface area contributed by atoms with Crippen molar-refractivity contribution >= 4 is 5.91 Å². The lowest BCUT2D eigenvalue weighted by Gasteiger charge is -2.22. The van der Waals surface area contributed by atoms with E-state index >= 15 is 0 Å². The molecule has 1 aliphatic carbocycles. The van der Waals surface area contributed by atoms with Crippen LogP contribution in [0.4, 0.5) is 0 Å². The lowest BCUT2D eigenvalue weighted by atomic mass is 9.84. The van der Waals surface area contributed by atoms with Crippen LogP contribution < -0.4 is 5.32 Å². The van der Waals surface area contributed by atoms with Crippen LogP contribution in [0.5, 0.6) is 0 Å². The number of nitrogens with one attached hydrogen (secondary N) is 1. The van der Waals surface area contributed by atoms with E-state index in [1.54, 1.807) is 6.20 Å². The minimum Gasteiger partial charge on any atom is -0.346 e. The lowest BCUT2D eigenvalue weighted by Crippen LogP contribution is -2.23. The Kier molecular flexibility index (Phi) is 4.84. The molecular formula is C19H22N2O. The van der Waals surface area contributed by atoms with Gasteiger partial charge in [0.25, 0.3) is 5.91 Å². The van der Waals surface area contributed by atoms with Crippen molar-refractivity contribution in [3.05, 3.63) is 65.5 Å². The van der Waals surface area contributed by atoms with E-state index < -0.39 is 0 Å². The van der Waals surface area contributed by atoms with Gasteiger partial charge in [-0.15, -0.1) is 0 Å². The Hall–Kier alpha value is -2.16. The van der Waals surface area contributed by atoms with Gasteiger partial charge in [-0.25, -0.2) is 0 Å². The highest BCUT2D eigenvalue weighted by molar-refractivity contribution is 5.94. The van der Waals surface area contributed by atoms with Gasteiger partial charge in [-0.1, -0.05) is 37.5 Å². The van der Waals surface area contributed by atoms with Crippen LogP contribution in [-0.4, -0.2) is 10.9 Å². The molecule has 0 unspecified atom stereocenters. The number of carbonyl (C=O) groups excluding carboxylic acids is 1. The highest BCUT2D eigenvalue weighted by Crippen LogP contribution is 2.32. The molecule has 0 saturated heterocycles. The predicted molar refractivity (Wildman–Crippen MR) is 87.7 cm³/mol. The Morgan fingerprint density at radius 2 is 1.82 bits per heavy atom. The van der Waals surface area contributed by atoms with Gasteiger partial charge in [0.15, 0.2) is 0 Å². The molecule has 0 aliphatic heterocycles. The molecular weight excluding hydrogens is 272 g/mol. The number of hydrogen-bond donors (Lipinski definition) is 1. The average molecular weight is 294 g/mol. The van der Waals surface area contributed by atoms with Gasteiger partial charge in [0.2, 0.25) is 0 Å². The second-order valence-electron chi connectivity index (χ2n) is 5.96. The molecule has 0 atom stereocenters. The van der Waals surface area contributed by atoms with Gasteiger partial charge in [0.1, 0.15) is 0 Å². The Morgan fingerprint density at radius 1 is 1.05 bits per heavy atom. The van der Waals surface area contributed by atoms with Crippen LogP contribution in [0.3, 0.4) is 0 Å². The number of pyridine rings is 1. The summed E-state index contributed by atoms with van der Waals surface area (Å²) in [7, 11) is 0. The molecule has 114 valence electrons. The molecule has 3 nitrogen and oxygen atoms in total. The topological polar surface area (TPSA) is 42.0 Å². The van der Waals surface area contributed by atoms with Crippen molar-refractivity contribution < 1.29 is 4.79 Å². The van der Waals surface area contributed by atoms with E-state index in [2.05, 4.69) is 22.4 Å². The summed E-state index contributed by atoms with van der Waals surface area (Å²) in [5, 5.41) is 2.91. The number of aromatic nitrogens is 1. The third-order valence-corrected chi connectivity index (χ3v) is 4.41. The molecule has 1 fully saturated rings. The number of hydrogen-bond acceptors (Lipinski definition) is 2. The van der Waals surface area contributed by atoms with Crippen LogP contribution in [0.1, 0.15) is 59.6 Å². The summed E-state index contributed by atoms with van der Waals surface area (Å²) >= 11 is 0. The zero-order chi connectivity index (χ0) is 15.2. The second kappa shape index (κ2) is 7.21. The third kappa shape index (κ3) is 3.73. The van der Waals surface area contributed by atoms with Crippen molar-refractivity contribution in [2.24, 2.45) is 0 Å². The fourth-order valence-corrected chi connectivity index (χ4v) is 3.12. The smallest absolute Gasteiger partial charge is 0.251 e. The molecule has 1 N–H and O–H groups in total. The predicted octanol–water partition coefficient (Wildman–Crippen LogP) is 4.06.